The van der Waals surface area contributed by atoms with E-state index in [2.05, 4.69) is 6.92 Å². The number of hydrogen-bond donors (Lipinski definition) is 1. The molecule has 0 aromatic carbocycles. The Morgan fingerprint density at radius 2 is 2.00 bits per heavy atom. The summed E-state index contributed by atoms with van der Waals surface area (Å²) in [7, 11) is 0. The Kier molecular flexibility index (Phi) is 5.18. The monoisotopic (exact) mass is 379 g/mol. The van der Waals surface area contributed by atoms with Gasteiger partial charge in [0.05, 0.1) is 0 Å². The molecule has 0 aromatic heterocycles. The van der Waals surface area contributed by atoms with E-state index in [4.69, 9.17) is 2.69 Å². The Morgan fingerprint density at radius 3 is 2.46 bits per heavy atom. The summed E-state index contributed by atoms with van der Waals surface area (Å²) in [6, 6.07) is 0. The Hall–Kier alpha value is 0.842. The minimum atomic E-state index is -0.776. The van der Waals surface area contributed by atoms with Crippen molar-refractivity contribution in [2.45, 2.75) is 57.7 Å². The molecule has 1 saturated carbocycles. The van der Waals surface area contributed by atoms with E-state index in [1.807, 2.05) is 0 Å². The van der Waals surface area contributed by atoms with Crippen molar-refractivity contribution in [3.05, 3.63) is 0 Å². The van der Waals surface area contributed by atoms with Crippen LogP contribution in [0.15, 0.2) is 0 Å². The van der Waals surface area contributed by atoms with Gasteiger partial charge in [0.2, 0.25) is 0 Å². The van der Waals surface area contributed by atoms with Crippen molar-refractivity contribution in [2.75, 3.05) is 0 Å². The molecule has 0 amide bonds. The molecule has 2 nitrogen and oxygen atoms in total. The molecular formula is C10H19O2Pb. The van der Waals surface area contributed by atoms with Crippen LogP contribution in [0.2, 0.25) is 0 Å². The number of rotatable bonds is 4. The van der Waals surface area contributed by atoms with Gasteiger partial charge >= 0.3 is 97.6 Å². The molecule has 1 rings (SSSR count). The number of aliphatic hydroxyl groups is 1. The molecule has 0 spiro atoms. The molecule has 1 aliphatic rings. The Morgan fingerprint density at radius 1 is 1.38 bits per heavy atom. The van der Waals surface area contributed by atoms with Gasteiger partial charge < -0.3 is 0 Å². The Bertz CT molecular complexity index is 146. The van der Waals surface area contributed by atoms with Gasteiger partial charge in [-0.15, -0.1) is 0 Å². The topological polar surface area (TPSA) is 29.5 Å². The maximum atomic E-state index is 10.3. The summed E-state index contributed by atoms with van der Waals surface area (Å²) >= 11 is 0.645. The van der Waals surface area contributed by atoms with Gasteiger partial charge in [0.25, 0.3) is 0 Å². The first kappa shape index (κ1) is 11.9. The molecule has 3 heteroatoms. The molecule has 0 heterocycles. The third-order valence-electron chi connectivity index (χ3n) is 3.03. The van der Waals surface area contributed by atoms with Gasteiger partial charge in [-0.05, 0) is 0 Å². The standard InChI is InChI=1S/C10H19O2.Pb/c1-2-8-10(11,12)9-6-4-3-5-7-9;/h9,11H,2-8H2,1H3;/q-1;+1. The fourth-order valence-electron chi connectivity index (χ4n) is 2.25. The molecule has 0 bridgehead atoms. The van der Waals surface area contributed by atoms with Crippen molar-refractivity contribution >= 4 is 26.2 Å². The first-order chi connectivity index (χ1) is 6.23. The molecule has 13 heavy (non-hydrogen) atoms. The molecule has 1 N–H and O–H groups in total. The molecule has 0 aliphatic heterocycles. The third kappa shape index (κ3) is 3.16. The SMILES string of the molecule is CCCC(O)([O][Pb])C1CCCCC1. The molecular weight excluding hydrogens is 359 g/mol. The van der Waals surface area contributed by atoms with Crippen LogP contribution < -0.4 is 0 Å². The van der Waals surface area contributed by atoms with Gasteiger partial charge in [-0.25, -0.2) is 0 Å². The van der Waals surface area contributed by atoms with Crippen molar-refractivity contribution in [3.63, 3.8) is 0 Å². The van der Waals surface area contributed by atoms with Crippen LogP contribution >= 0.6 is 0 Å². The van der Waals surface area contributed by atoms with E-state index in [-0.39, 0.29) is 0 Å². The van der Waals surface area contributed by atoms with Crippen LogP contribution in [0.5, 0.6) is 0 Å². The predicted octanol–water partition coefficient (Wildman–Crippen LogP) is 2.16. The predicted molar refractivity (Wildman–Crippen MR) is 53.3 cm³/mol. The average Bonchev–Trinajstić information content (AvgIpc) is 2.19. The normalized spacial score (nSPS) is 24.2. The molecule has 1 unspecified atom stereocenters. The quantitative estimate of drug-likeness (QED) is 0.600. The summed E-state index contributed by atoms with van der Waals surface area (Å²) in [6.07, 6.45) is 7.98. The fourth-order valence-corrected chi connectivity index (χ4v) is 3.30. The first-order valence-corrected chi connectivity index (χ1v) is 6.88. The van der Waals surface area contributed by atoms with E-state index in [1.54, 1.807) is 0 Å². The first-order valence-electron chi connectivity index (χ1n) is 5.30. The second-order valence-corrected chi connectivity index (χ2v) is 4.83. The minimum absolute atomic E-state index is 0.402. The summed E-state index contributed by atoms with van der Waals surface area (Å²) in [5, 5.41) is 10.3. The van der Waals surface area contributed by atoms with Gasteiger partial charge in [-0.2, -0.15) is 0 Å². The van der Waals surface area contributed by atoms with E-state index in [9.17, 15) is 5.11 Å². The van der Waals surface area contributed by atoms with Crippen LogP contribution in [0.3, 0.4) is 0 Å². The number of hydrogen-bond acceptors (Lipinski definition) is 2. The van der Waals surface area contributed by atoms with E-state index in [0.29, 0.717) is 32.1 Å². The Balaban J connectivity index is 2.51. The van der Waals surface area contributed by atoms with Crippen LogP contribution in [0.25, 0.3) is 0 Å². The van der Waals surface area contributed by atoms with Gasteiger partial charge in [0, 0.05) is 0 Å². The fraction of sp³-hybridized carbons (Fsp3) is 1.00. The molecule has 0 saturated heterocycles. The van der Waals surface area contributed by atoms with Crippen LogP contribution in [0.1, 0.15) is 51.9 Å². The van der Waals surface area contributed by atoms with Gasteiger partial charge in [-0.1, -0.05) is 0 Å². The molecule has 0 aromatic rings. The second kappa shape index (κ2) is 5.66. The van der Waals surface area contributed by atoms with Crippen LogP contribution in [0.4, 0.5) is 0 Å². The van der Waals surface area contributed by atoms with Crippen molar-refractivity contribution in [1.82, 2.24) is 0 Å². The zero-order chi connectivity index (χ0) is 9.73. The van der Waals surface area contributed by atoms with Crippen LogP contribution in [0, 0.1) is 5.92 Å². The second-order valence-electron chi connectivity index (χ2n) is 4.03. The van der Waals surface area contributed by atoms with Crippen LogP contribution in [-0.4, -0.2) is 37.1 Å². The van der Waals surface area contributed by atoms with E-state index in [1.165, 1.54) is 19.3 Å². The van der Waals surface area contributed by atoms with Crippen molar-refractivity contribution in [3.8, 4) is 0 Å². The van der Waals surface area contributed by atoms with Gasteiger partial charge in [0.15, 0.2) is 0 Å². The maximum absolute atomic E-state index is 10.3. The summed E-state index contributed by atoms with van der Waals surface area (Å²) in [5.41, 5.74) is 0. The zero-order valence-electron chi connectivity index (χ0n) is 8.38. The zero-order valence-corrected chi connectivity index (χ0v) is 12.3. The summed E-state index contributed by atoms with van der Waals surface area (Å²) in [5.74, 6) is -0.375. The van der Waals surface area contributed by atoms with Gasteiger partial charge in [0.1, 0.15) is 0 Å². The van der Waals surface area contributed by atoms with Crippen molar-refractivity contribution in [1.29, 1.82) is 0 Å². The van der Waals surface area contributed by atoms with E-state index < -0.39 is 5.79 Å². The summed E-state index contributed by atoms with van der Waals surface area (Å²) < 4.78 is 5.41. The molecule has 1 fully saturated rings. The van der Waals surface area contributed by atoms with Crippen LogP contribution in [-0.2, 0) is 2.69 Å². The molecule has 1 atom stereocenters. The summed E-state index contributed by atoms with van der Waals surface area (Å²) in [4.78, 5) is 0. The van der Waals surface area contributed by atoms with Crippen molar-refractivity contribution in [2.24, 2.45) is 5.92 Å². The molecule has 1 aliphatic carbocycles. The Labute approximate surface area is 97.4 Å². The third-order valence-corrected chi connectivity index (χ3v) is 4.40. The molecule has 3 radical (unpaired) electrons. The molecule has 75 valence electrons. The average molecular weight is 378 g/mol. The van der Waals surface area contributed by atoms with E-state index in [0.717, 1.165) is 25.7 Å². The van der Waals surface area contributed by atoms with E-state index >= 15 is 0 Å². The van der Waals surface area contributed by atoms with Gasteiger partial charge in [-0.3, -0.25) is 0 Å². The van der Waals surface area contributed by atoms with Crippen molar-refractivity contribution < 1.29 is 7.79 Å². The summed E-state index contributed by atoms with van der Waals surface area (Å²) in [6.45, 7) is 2.11.